The summed E-state index contributed by atoms with van der Waals surface area (Å²) in [7, 11) is 1.63. The molecule has 0 bridgehead atoms. The van der Waals surface area contributed by atoms with E-state index in [0.717, 1.165) is 14.2 Å². The van der Waals surface area contributed by atoms with E-state index in [4.69, 9.17) is 4.74 Å². The Morgan fingerprint density at radius 1 is 1.12 bits per heavy atom. The lowest BCUT2D eigenvalue weighted by Gasteiger charge is -2.05. The lowest BCUT2D eigenvalue weighted by atomic mass is 10.3. The van der Waals surface area contributed by atoms with Gasteiger partial charge >= 0.3 is 0 Å². The molecule has 0 aliphatic rings. The first-order chi connectivity index (χ1) is 8.19. The Kier molecular flexibility index (Phi) is 4.28. The predicted octanol–water partition coefficient (Wildman–Crippen LogP) is 4.59. The molecule has 0 amide bonds. The average Bonchev–Trinajstić information content (AvgIpc) is 2.34. The first-order valence-electron chi connectivity index (χ1n) is 4.96. The molecule has 0 N–H and O–H groups in total. The highest BCUT2D eigenvalue weighted by Gasteiger charge is 2.04. The lowest BCUT2D eigenvalue weighted by molar-refractivity contribution is 0.414. The Bertz CT molecular complexity index is 513. The largest absolute Gasteiger partial charge is 0.497 e. The minimum Gasteiger partial charge on any atom is -0.497 e. The molecule has 0 fully saturated rings. The number of benzene rings is 2. The fourth-order valence-corrected chi connectivity index (χ4v) is 2.60. The number of halogens is 2. The third-order valence-corrected chi connectivity index (χ3v) is 3.91. The fourth-order valence-electron chi connectivity index (χ4n) is 1.33. The van der Waals surface area contributed by atoms with Gasteiger partial charge < -0.3 is 4.74 Å². The number of methoxy groups -OCH3 is 1. The van der Waals surface area contributed by atoms with Crippen LogP contribution < -0.4 is 4.74 Å². The summed E-state index contributed by atoms with van der Waals surface area (Å²) in [6.07, 6.45) is 0. The van der Waals surface area contributed by atoms with Gasteiger partial charge in [0.25, 0.3) is 0 Å². The van der Waals surface area contributed by atoms with Crippen molar-refractivity contribution in [1.29, 1.82) is 0 Å². The van der Waals surface area contributed by atoms with Crippen LogP contribution in [0.2, 0.25) is 0 Å². The Hall–Kier alpha value is -0.750. The Labute approximate surface area is 118 Å². The summed E-state index contributed by atoms with van der Waals surface area (Å²) in [5, 5.41) is 0. The van der Waals surface area contributed by atoms with Crippen molar-refractivity contribution in [3.8, 4) is 5.75 Å². The molecule has 0 radical (unpaired) electrons. The summed E-state index contributed by atoms with van der Waals surface area (Å²) in [6, 6.07) is 12.8. The summed E-state index contributed by atoms with van der Waals surface area (Å²) in [5.41, 5.74) is 0. The number of hydrogen-bond acceptors (Lipinski definition) is 2. The van der Waals surface area contributed by atoms with Gasteiger partial charge in [0.1, 0.15) is 11.6 Å². The molecule has 0 saturated heterocycles. The van der Waals surface area contributed by atoms with Gasteiger partial charge in [0.15, 0.2) is 0 Å². The van der Waals surface area contributed by atoms with Crippen LogP contribution in [0.15, 0.2) is 52.3 Å². The molecule has 2 aromatic carbocycles. The molecule has 0 aromatic heterocycles. The van der Waals surface area contributed by atoms with Gasteiger partial charge in [0.2, 0.25) is 0 Å². The van der Waals surface area contributed by atoms with Crippen molar-refractivity contribution in [3.05, 3.63) is 51.9 Å². The first-order valence-corrected chi connectivity index (χ1v) is 6.85. The molecule has 88 valence electrons. The third kappa shape index (κ3) is 3.35. The maximum atomic E-state index is 13.6. The maximum Gasteiger partial charge on any atom is 0.138 e. The molecule has 1 nitrogen and oxygen atoms in total. The zero-order chi connectivity index (χ0) is 12.3. The van der Waals surface area contributed by atoms with Gasteiger partial charge in [-0.15, -0.1) is 0 Å². The second kappa shape index (κ2) is 5.73. The van der Waals surface area contributed by atoms with Gasteiger partial charge in [-0.3, -0.25) is 0 Å². The van der Waals surface area contributed by atoms with Crippen LogP contribution in [-0.4, -0.2) is 7.11 Å². The van der Waals surface area contributed by atoms with Crippen molar-refractivity contribution in [2.24, 2.45) is 0 Å². The number of hydrogen-bond donors (Lipinski definition) is 0. The Morgan fingerprint density at radius 3 is 2.41 bits per heavy atom. The number of ether oxygens (including phenoxy) is 1. The summed E-state index contributed by atoms with van der Waals surface area (Å²) >= 11 is 3.50. The monoisotopic (exact) mass is 360 g/mol. The molecule has 0 aliphatic carbocycles. The van der Waals surface area contributed by atoms with E-state index in [-0.39, 0.29) is 5.82 Å². The molecular formula is C13H10FIOS. The van der Waals surface area contributed by atoms with Gasteiger partial charge in [-0.25, -0.2) is 4.39 Å². The van der Waals surface area contributed by atoms with Gasteiger partial charge in [-0.05, 0) is 65.1 Å². The van der Waals surface area contributed by atoms with Crippen LogP contribution in [0.25, 0.3) is 0 Å². The van der Waals surface area contributed by atoms with Crippen molar-refractivity contribution in [1.82, 2.24) is 0 Å². The topological polar surface area (TPSA) is 9.23 Å². The van der Waals surface area contributed by atoms with Crippen LogP contribution in [0, 0.1) is 9.39 Å². The van der Waals surface area contributed by atoms with Crippen LogP contribution in [0.5, 0.6) is 5.75 Å². The van der Waals surface area contributed by atoms with Gasteiger partial charge in [-0.2, -0.15) is 0 Å². The van der Waals surface area contributed by atoms with Crippen LogP contribution in [-0.2, 0) is 0 Å². The summed E-state index contributed by atoms with van der Waals surface area (Å²) in [5.74, 6) is 0.621. The molecule has 4 heteroatoms. The van der Waals surface area contributed by atoms with E-state index in [9.17, 15) is 4.39 Å². The van der Waals surface area contributed by atoms with Gasteiger partial charge in [-0.1, -0.05) is 11.8 Å². The molecule has 0 aliphatic heterocycles. The zero-order valence-corrected chi connectivity index (χ0v) is 12.1. The molecule has 0 spiro atoms. The van der Waals surface area contributed by atoms with Crippen molar-refractivity contribution in [3.63, 3.8) is 0 Å². The van der Waals surface area contributed by atoms with E-state index in [1.54, 1.807) is 13.2 Å². The highest BCUT2D eigenvalue weighted by Crippen LogP contribution is 2.31. The first kappa shape index (κ1) is 12.7. The molecule has 2 rings (SSSR count). The minimum absolute atomic E-state index is 0.183. The lowest BCUT2D eigenvalue weighted by Crippen LogP contribution is -1.84. The summed E-state index contributed by atoms with van der Waals surface area (Å²) in [4.78, 5) is 1.63. The SMILES string of the molecule is COc1ccc(Sc2ccc(I)cc2F)cc1. The predicted molar refractivity (Wildman–Crippen MR) is 76.2 cm³/mol. The quantitative estimate of drug-likeness (QED) is 0.741. The Morgan fingerprint density at radius 2 is 1.82 bits per heavy atom. The second-order valence-electron chi connectivity index (χ2n) is 3.35. The molecule has 0 heterocycles. The summed E-state index contributed by atoms with van der Waals surface area (Å²) < 4.78 is 19.6. The molecule has 17 heavy (non-hydrogen) atoms. The highest BCUT2D eigenvalue weighted by atomic mass is 127. The molecule has 0 saturated carbocycles. The standard InChI is InChI=1S/C13H10FIOS/c1-16-10-3-5-11(6-4-10)17-13-7-2-9(15)8-12(13)14/h2-8H,1H3. The van der Waals surface area contributed by atoms with E-state index >= 15 is 0 Å². The zero-order valence-electron chi connectivity index (χ0n) is 9.11. The van der Waals surface area contributed by atoms with Crippen molar-refractivity contribution >= 4 is 34.4 Å². The van der Waals surface area contributed by atoms with Crippen molar-refractivity contribution in [2.45, 2.75) is 9.79 Å². The van der Waals surface area contributed by atoms with Crippen LogP contribution in [0.4, 0.5) is 4.39 Å². The van der Waals surface area contributed by atoms with Crippen LogP contribution >= 0.6 is 34.4 Å². The van der Waals surface area contributed by atoms with Crippen molar-refractivity contribution in [2.75, 3.05) is 7.11 Å². The van der Waals surface area contributed by atoms with Gasteiger partial charge in [0, 0.05) is 13.4 Å². The minimum atomic E-state index is -0.183. The number of rotatable bonds is 3. The molecule has 0 atom stereocenters. The normalized spacial score (nSPS) is 10.3. The molecular weight excluding hydrogens is 350 g/mol. The maximum absolute atomic E-state index is 13.6. The summed E-state index contributed by atoms with van der Waals surface area (Å²) in [6.45, 7) is 0. The van der Waals surface area contributed by atoms with E-state index < -0.39 is 0 Å². The highest BCUT2D eigenvalue weighted by molar-refractivity contribution is 14.1. The molecule has 2 aromatic rings. The third-order valence-electron chi connectivity index (χ3n) is 2.18. The van der Waals surface area contributed by atoms with Crippen LogP contribution in [0.1, 0.15) is 0 Å². The smallest absolute Gasteiger partial charge is 0.138 e. The molecule has 0 unspecified atom stereocenters. The average molecular weight is 360 g/mol. The Balaban J connectivity index is 2.19. The van der Waals surface area contributed by atoms with E-state index in [1.807, 2.05) is 30.3 Å². The van der Waals surface area contributed by atoms with E-state index in [2.05, 4.69) is 22.6 Å². The van der Waals surface area contributed by atoms with E-state index in [1.165, 1.54) is 17.8 Å². The second-order valence-corrected chi connectivity index (χ2v) is 5.71. The van der Waals surface area contributed by atoms with Crippen LogP contribution in [0.3, 0.4) is 0 Å². The fraction of sp³-hybridized carbons (Fsp3) is 0.0769. The van der Waals surface area contributed by atoms with Crippen molar-refractivity contribution < 1.29 is 9.13 Å². The van der Waals surface area contributed by atoms with Gasteiger partial charge in [0.05, 0.1) is 7.11 Å². The van der Waals surface area contributed by atoms with E-state index in [0.29, 0.717) is 4.90 Å².